The first-order chi connectivity index (χ1) is 8.19. The van der Waals surface area contributed by atoms with Crippen molar-refractivity contribution < 1.29 is 4.74 Å². The molecule has 2 aromatic rings. The van der Waals surface area contributed by atoms with E-state index >= 15 is 0 Å². The molecule has 0 N–H and O–H groups in total. The van der Waals surface area contributed by atoms with Crippen LogP contribution in [0, 0.1) is 0 Å². The second-order valence-corrected chi connectivity index (χ2v) is 4.11. The summed E-state index contributed by atoms with van der Waals surface area (Å²) in [4.78, 5) is 1.67. The predicted molar refractivity (Wildman–Crippen MR) is 66.9 cm³/mol. The first-order valence-electron chi connectivity index (χ1n) is 5.86. The highest BCUT2D eigenvalue weighted by Crippen LogP contribution is 2.20. The molecule has 1 aromatic heterocycles. The molecule has 0 fully saturated rings. The molecule has 90 valence electrons. The summed E-state index contributed by atoms with van der Waals surface area (Å²) in [5.41, 5.74) is 1.95. The number of benzene rings is 1. The van der Waals surface area contributed by atoms with Crippen LogP contribution in [-0.4, -0.2) is 21.1 Å². The van der Waals surface area contributed by atoms with Gasteiger partial charge in [0.05, 0.1) is 18.8 Å². The van der Waals surface area contributed by atoms with E-state index in [1.54, 1.807) is 11.0 Å². The average Bonchev–Trinajstić information content (AvgIpc) is 2.78. The van der Waals surface area contributed by atoms with Gasteiger partial charge in [0.1, 0.15) is 11.4 Å². The number of aryl methyl sites for hydroxylation is 1. The Hall–Kier alpha value is -1.84. The minimum Gasteiger partial charge on any atom is -0.491 e. The lowest BCUT2D eigenvalue weighted by Crippen LogP contribution is -2.05. The molecule has 0 radical (unpaired) electrons. The van der Waals surface area contributed by atoms with E-state index in [1.807, 2.05) is 45.0 Å². The van der Waals surface area contributed by atoms with Crippen LogP contribution in [0.2, 0.25) is 0 Å². The van der Waals surface area contributed by atoms with E-state index in [0.29, 0.717) is 0 Å². The van der Waals surface area contributed by atoms with Crippen molar-refractivity contribution in [3.63, 3.8) is 0 Å². The van der Waals surface area contributed by atoms with E-state index in [0.717, 1.165) is 23.6 Å². The van der Waals surface area contributed by atoms with Crippen molar-refractivity contribution in [1.29, 1.82) is 0 Å². The molecule has 0 aliphatic rings. The molecule has 0 amide bonds. The molecule has 0 unspecified atom stereocenters. The van der Waals surface area contributed by atoms with Gasteiger partial charge in [-0.25, -0.2) is 0 Å². The topological polar surface area (TPSA) is 39.9 Å². The number of hydrogen-bond acceptors (Lipinski definition) is 3. The number of nitrogens with zero attached hydrogens (tertiary/aromatic N) is 3. The van der Waals surface area contributed by atoms with Crippen LogP contribution >= 0.6 is 0 Å². The van der Waals surface area contributed by atoms with Crippen LogP contribution in [0.25, 0.3) is 11.3 Å². The van der Waals surface area contributed by atoms with E-state index in [2.05, 4.69) is 10.2 Å². The van der Waals surface area contributed by atoms with Crippen molar-refractivity contribution in [3.05, 3.63) is 30.5 Å². The smallest absolute Gasteiger partial charge is 0.119 e. The van der Waals surface area contributed by atoms with Gasteiger partial charge in [-0.1, -0.05) is 0 Å². The van der Waals surface area contributed by atoms with Gasteiger partial charge < -0.3 is 4.74 Å². The molecular weight excluding hydrogens is 214 g/mol. The molecule has 0 aliphatic heterocycles. The molecule has 4 heteroatoms. The third kappa shape index (κ3) is 2.84. The van der Waals surface area contributed by atoms with Crippen molar-refractivity contribution in [1.82, 2.24) is 15.0 Å². The van der Waals surface area contributed by atoms with Crippen molar-refractivity contribution in [3.8, 4) is 17.0 Å². The largest absolute Gasteiger partial charge is 0.491 e. The fourth-order valence-corrected chi connectivity index (χ4v) is 1.56. The third-order valence-corrected chi connectivity index (χ3v) is 2.34. The molecule has 1 heterocycles. The zero-order valence-corrected chi connectivity index (χ0v) is 10.4. The van der Waals surface area contributed by atoms with Crippen LogP contribution < -0.4 is 4.74 Å². The van der Waals surface area contributed by atoms with Crippen molar-refractivity contribution in [2.24, 2.45) is 0 Å². The summed E-state index contributed by atoms with van der Waals surface area (Å²) < 4.78 is 5.59. The van der Waals surface area contributed by atoms with E-state index in [-0.39, 0.29) is 6.10 Å². The second kappa shape index (κ2) is 4.99. The van der Waals surface area contributed by atoms with Gasteiger partial charge in [-0.05, 0) is 45.0 Å². The number of aromatic nitrogens is 3. The van der Waals surface area contributed by atoms with E-state index in [9.17, 15) is 0 Å². The van der Waals surface area contributed by atoms with Gasteiger partial charge in [0.25, 0.3) is 0 Å². The van der Waals surface area contributed by atoms with Crippen molar-refractivity contribution >= 4 is 0 Å². The van der Waals surface area contributed by atoms with Gasteiger partial charge in [-0.3, -0.25) is 0 Å². The van der Waals surface area contributed by atoms with Crippen LogP contribution in [0.15, 0.2) is 30.5 Å². The second-order valence-electron chi connectivity index (χ2n) is 4.11. The van der Waals surface area contributed by atoms with Crippen LogP contribution in [0.1, 0.15) is 20.8 Å². The maximum absolute atomic E-state index is 5.59. The monoisotopic (exact) mass is 231 g/mol. The Labute approximate surface area is 101 Å². The lowest BCUT2D eigenvalue weighted by Gasteiger charge is -2.09. The summed E-state index contributed by atoms with van der Waals surface area (Å²) in [5.74, 6) is 0.881. The molecule has 0 aliphatic carbocycles. The fourth-order valence-electron chi connectivity index (χ4n) is 1.56. The van der Waals surface area contributed by atoms with Crippen molar-refractivity contribution in [2.75, 3.05) is 0 Å². The molecule has 1 aromatic carbocycles. The van der Waals surface area contributed by atoms with Crippen molar-refractivity contribution in [2.45, 2.75) is 33.4 Å². The molecule has 0 bridgehead atoms. The molecule has 17 heavy (non-hydrogen) atoms. The lowest BCUT2D eigenvalue weighted by molar-refractivity contribution is 0.242. The van der Waals surface area contributed by atoms with Crippen LogP contribution in [0.5, 0.6) is 5.75 Å². The first-order valence-corrected chi connectivity index (χ1v) is 5.86. The third-order valence-electron chi connectivity index (χ3n) is 2.34. The standard InChI is InChI=1S/C13H17N3O/c1-4-16-14-9-13(15-16)11-5-7-12(8-6-11)17-10(2)3/h5-10H,4H2,1-3H3. The van der Waals surface area contributed by atoms with Crippen LogP contribution in [0.4, 0.5) is 0 Å². The SMILES string of the molecule is CCn1ncc(-c2ccc(OC(C)C)cc2)n1. The van der Waals surface area contributed by atoms with E-state index < -0.39 is 0 Å². The summed E-state index contributed by atoms with van der Waals surface area (Å²) in [6.45, 7) is 6.83. The van der Waals surface area contributed by atoms with Crippen LogP contribution in [0.3, 0.4) is 0 Å². The Morgan fingerprint density at radius 3 is 2.47 bits per heavy atom. The van der Waals surface area contributed by atoms with Gasteiger partial charge in [0.2, 0.25) is 0 Å². The number of hydrogen-bond donors (Lipinski definition) is 0. The normalized spacial score (nSPS) is 10.8. The fraction of sp³-hybridized carbons (Fsp3) is 0.385. The number of ether oxygens (including phenoxy) is 1. The highest BCUT2D eigenvalue weighted by Gasteiger charge is 2.03. The van der Waals surface area contributed by atoms with E-state index in [1.165, 1.54) is 0 Å². The van der Waals surface area contributed by atoms with Gasteiger partial charge in [0, 0.05) is 5.56 Å². The van der Waals surface area contributed by atoms with Gasteiger partial charge >= 0.3 is 0 Å². The van der Waals surface area contributed by atoms with E-state index in [4.69, 9.17) is 4.74 Å². The summed E-state index contributed by atoms with van der Waals surface area (Å²) in [7, 11) is 0. The number of rotatable bonds is 4. The Bertz CT molecular complexity index is 474. The Balaban J connectivity index is 2.17. The molecule has 0 atom stereocenters. The lowest BCUT2D eigenvalue weighted by atomic mass is 10.2. The first kappa shape index (κ1) is 11.6. The molecular formula is C13H17N3O. The highest BCUT2D eigenvalue weighted by molar-refractivity contribution is 5.58. The molecule has 0 spiro atoms. The predicted octanol–water partition coefficient (Wildman–Crippen LogP) is 2.75. The Morgan fingerprint density at radius 1 is 1.24 bits per heavy atom. The zero-order valence-electron chi connectivity index (χ0n) is 10.4. The zero-order chi connectivity index (χ0) is 12.3. The Morgan fingerprint density at radius 2 is 1.94 bits per heavy atom. The molecule has 4 nitrogen and oxygen atoms in total. The summed E-state index contributed by atoms with van der Waals surface area (Å²) in [6, 6.07) is 7.92. The summed E-state index contributed by atoms with van der Waals surface area (Å²) in [5, 5.41) is 8.51. The molecule has 0 saturated carbocycles. The van der Waals surface area contributed by atoms with Gasteiger partial charge in [0.15, 0.2) is 0 Å². The summed E-state index contributed by atoms with van der Waals surface area (Å²) >= 11 is 0. The molecule has 0 saturated heterocycles. The average molecular weight is 231 g/mol. The van der Waals surface area contributed by atoms with Crippen LogP contribution in [-0.2, 0) is 6.54 Å². The maximum atomic E-state index is 5.59. The maximum Gasteiger partial charge on any atom is 0.119 e. The highest BCUT2D eigenvalue weighted by atomic mass is 16.5. The van der Waals surface area contributed by atoms with Gasteiger partial charge in [-0.2, -0.15) is 15.0 Å². The Kier molecular flexibility index (Phi) is 3.42. The van der Waals surface area contributed by atoms with Gasteiger partial charge in [-0.15, -0.1) is 0 Å². The summed E-state index contributed by atoms with van der Waals surface area (Å²) in [6.07, 6.45) is 1.98. The minimum atomic E-state index is 0.196. The minimum absolute atomic E-state index is 0.196. The molecule has 2 rings (SSSR count). The quantitative estimate of drug-likeness (QED) is 0.812.